The molecule has 1 N–H and O–H groups in total. The van der Waals surface area contributed by atoms with Gasteiger partial charge < -0.3 is 10.1 Å². The Morgan fingerprint density at radius 2 is 2.00 bits per heavy atom. The number of rotatable bonds is 7. The van der Waals surface area contributed by atoms with Gasteiger partial charge in [-0.3, -0.25) is 4.79 Å². The van der Waals surface area contributed by atoms with Gasteiger partial charge in [0.25, 0.3) is 5.91 Å². The fourth-order valence-electron chi connectivity index (χ4n) is 2.50. The van der Waals surface area contributed by atoms with Gasteiger partial charge in [0.05, 0.1) is 19.9 Å². The molecule has 0 unspecified atom stereocenters. The molecule has 0 aliphatic heterocycles. The van der Waals surface area contributed by atoms with E-state index in [1.165, 1.54) is 12.1 Å². The Morgan fingerprint density at radius 3 is 2.77 bits per heavy atom. The van der Waals surface area contributed by atoms with Crippen molar-refractivity contribution in [3.05, 3.63) is 77.4 Å². The van der Waals surface area contributed by atoms with Gasteiger partial charge in [-0.1, -0.05) is 29.5 Å². The zero-order valence-electron chi connectivity index (χ0n) is 14.4. The normalized spacial score (nSPS) is 10.5. The Hall–Kier alpha value is -3.22. The molecule has 0 radical (unpaired) electrons. The number of hydrogen-bond donors (Lipinski definition) is 1. The predicted octanol–water partition coefficient (Wildman–Crippen LogP) is 2.45. The predicted molar refractivity (Wildman–Crippen MR) is 94.6 cm³/mol. The Bertz CT molecular complexity index is 877. The van der Waals surface area contributed by atoms with E-state index in [0.29, 0.717) is 19.5 Å². The van der Waals surface area contributed by atoms with E-state index in [1.807, 2.05) is 24.3 Å². The Morgan fingerprint density at radius 1 is 1.19 bits per heavy atom. The molecule has 1 heterocycles. The van der Waals surface area contributed by atoms with Crippen molar-refractivity contribution in [1.29, 1.82) is 0 Å². The van der Waals surface area contributed by atoms with Crippen LogP contribution in [0.15, 0.2) is 54.7 Å². The molecule has 6 nitrogen and oxygen atoms in total. The summed E-state index contributed by atoms with van der Waals surface area (Å²) >= 11 is 0. The molecule has 0 bridgehead atoms. The number of nitrogens with zero attached hydrogens (tertiary/aromatic N) is 3. The van der Waals surface area contributed by atoms with E-state index in [-0.39, 0.29) is 17.4 Å². The first-order valence-electron chi connectivity index (χ1n) is 8.20. The van der Waals surface area contributed by atoms with Crippen LogP contribution in [0.2, 0.25) is 0 Å². The van der Waals surface area contributed by atoms with Crippen LogP contribution in [-0.4, -0.2) is 34.6 Å². The zero-order valence-corrected chi connectivity index (χ0v) is 14.4. The highest BCUT2D eigenvalue weighted by molar-refractivity contribution is 5.91. The fourth-order valence-corrected chi connectivity index (χ4v) is 2.50. The van der Waals surface area contributed by atoms with Crippen LogP contribution in [0, 0.1) is 5.82 Å². The van der Waals surface area contributed by atoms with Gasteiger partial charge in [0.2, 0.25) is 0 Å². The minimum Gasteiger partial charge on any atom is -0.497 e. The molecule has 0 aliphatic carbocycles. The van der Waals surface area contributed by atoms with Crippen molar-refractivity contribution in [3.63, 3.8) is 0 Å². The lowest BCUT2D eigenvalue weighted by atomic mass is 10.1. The SMILES string of the molecule is COc1cccc(CCNC(=O)c2cn(Cc3ccc(F)cc3)nn2)c1. The largest absolute Gasteiger partial charge is 0.497 e. The minimum absolute atomic E-state index is 0.248. The van der Waals surface area contributed by atoms with Crippen LogP contribution in [0.3, 0.4) is 0 Å². The van der Waals surface area contributed by atoms with E-state index in [1.54, 1.807) is 30.1 Å². The maximum Gasteiger partial charge on any atom is 0.273 e. The maximum atomic E-state index is 12.9. The molecule has 3 aromatic rings. The summed E-state index contributed by atoms with van der Waals surface area (Å²) in [5, 5.41) is 10.7. The maximum absolute atomic E-state index is 12.9. The van der Waals surface area contributed by atoms with E-state index in [0.717, 1.165) is 16.9 Å². The number of methoxy groups -OCH3 is 1. The molecule has 7 heteroatoms. The first-order chi connectivity index (χ1) is 12.6. The highest BCUT2D eigenvalue weighted by Gasteiger charge is 2.10. The van der Waals surface area contributed by atoms with Gasteiger partial charge in [-0.2, -0.15) is 0 Å². The third-order valence-electron chi connectivity index (χ3n) is 3.86. The van der Waals surface area contributed by atoms with Crippen LogP contribution in [0.1, 0.15) is 21.6 Å². The fraction of sp³-hybridized carbons (Fsp3) is 0.211. The molecule has 1 aromatic heterocycles. The molecule has 0 spiro atoms. The smallest absolute Gasteiger partial charge is 0.273 e. The molecule has 0 atom stereocenters. The number of carbonyl (C=O) groups is 1. The van der Waals surface area contributed by atoms with Crippen LogP contribution in [-0.2, 0) is 13.0 Å². The number of hydrogen-bond acceptors (Lipinski definition) is 4. The quantitative estimate of drug-likeness (QED) is 0.708. The highest BCUT2D eigenvalue weighted by Crippen LogP contribution is 2.12. The second-order valence-corrected chi connectivity index (χ2v) is 5.79. The molecule has 0 aliphatic rings. The molecule has 0 fully saturated rings. The summed E-state index contributed by atoms with van der Waals surface area (Å²) in [7, 11) is 1.62. The molecule has 3 rings (SSSR count). The van der Waals surface area contributed by atoms with E-state index in [9.17, 15) is 9.18 Å². The summed E-state index contributed by atoms with van der Waals surface area (Å²) in [5.41, 5.74) is 2.20. The van der Waals surface area contributed by atoms with E-state index in [4.69, 9.17) is 4.74 Å². The van der Waals surface area contributed by atoms with Gasteiger partial charge in [-0.25, -0.2) is 9.07 Å². The van der Waals surface area contributed by atoms with Crippen molar-refractivity contribution >= 4 is 5.91 Å². The monoisotopic (exact) mass is 354 g/mol. The van der Waals surface area contributed by atoms with E-state index in [2.05, 4.69) is 15.6 Å². The Labute approximate surface area is 150 Å². The van der Waals surface area contributed by atoms with E-state index < -0.39 is 0 Å². The molecule has 2 aromatic carbocycles. The number of nitrogens with one attached hydrogen (secondary N) is 1. The van der Waals surface area contributed by atoms with Crippen molar-refractivity contribution in [1.82, 2.24) is 20.3 Å². The molecule has 0 saturated carbocycles. The topological polar surface area (TPSA) is 69.0 Å². The summed E-state index contributed by atoms with van der Waals surface area (Å²) < 4.78 is 19.7. The van der Waals surface area contributed by atoms with Gasteiger partial charge in [-0.15, -0.1) is 5.10 Å². The lowest BCUT2D eigenvalue weighted by Gasteiger charge is -2.05. The van der Waals surface area contributed by atoms with Crippen LogP contribution in [0.4, 0.5) is 4.39 Å². The number of carbonyl (C=O) groups excluding carboxylic acids is 1. The standard InChI is InChI=1S/C19H19FN4O2/c1-26-17-4-2-3-14(11-17)9-10-21-19(25)18-13-24(23-22-18)12-15-5-7-16(20)8-6-15/h2-8,11,13H,9-10,12H2,1H3,(H,21,25). The van der Waals surface area contributed by atoms with Gasteiger partial charge in [0, 0.05) is 6.54 Å². The molecule has 0 saturated heterocycles. The van der Waals surface area contributed by atoms with Crippen LogP contribution < -0.4 is 10.1 Å². The van der Waals surface area contributed by atoms with Gasteiger partial charge >= 0.3 is 0 Å². The minimum atomic E-state index is -0.288. The van der Waals surface area contributed by atoms with Gasteiger partial charge in [0.15, 0.2) is 5.69 Å². The second kappa shape index (κ2) is 8.24. The number of aromatic nitrogens is 3. The molecule has 26 heavy (non-hydrogen) atoms. The number of ether oxygens (including phenoxy) is 1. The summed E-state index contributed by atoms with van der Waals surface area (Å²) in [6, 6.07) is 13.8. The van der Waals surface area contributed by atoms with Crippen molar-refractivity contribution in [3.8, 4) is 5.75 Å². The lowest BCUT2D eigenvalue weighted by molar-refractivity contribution is 0.0949. The average molecular weight is 354 g/mol. The van der Waals surface area contributed by atoms with Crippen molar-refractivity contribution in [2.45, 2.75) is 13.0 Å². The van der Waals surface area contributed by atoms with Gasteiger partial charge in [0.1, 0.15) is 11.6 Å². The molecule has 134 valence electrons. The third kappa shape index (κ3) is 4.66. The van der Waals surface area contributed by atoms with Crippen molar-refractivity contribution in [2.75, 3.05) is 13.7 Å². The molecule has 1 amide bonds. The Kier molecular flexibility index (Phi) is 5.58. The number of benzene rings is 2. The van der Waals surface area contributed by atoms with Crippen LogP contribution in [0.5, 0.6) is 5.75 Å². The van der Waals surface area contributed by atoms with Crippen LogP contribution in [0.25, 0.3) is 0 Å². The lowest BCUT2D eigenvalue weighted by Crippen LogP contribution is -2.26. The first-order valence-corrected chi connectivity index (χ1v) is 8.20. The number of amides is 1. The molecular formula is C19H19FN4O2. The highest BCUT2D eigenvalue weighted by atomic mass is 19.1. The third-order valence-corrected chi connectivity index (χ3v) is 3.86. The first kappa shape index (κ1) is 17.6. The summed E-state index contributed by atoms with van der Waals surface area (Å²) in [5.74, 6) is 0.222. The zero-order chi connectivity index (χ0) is 18.4. The Balaban J connectivity index is 1.52. The second-order valence-electron chi connectivity index (χ2n) is 5.79. The van der Waals surface area contributed by atoms with E-state index >= 15 is 0 Å². The average Bonchev–Trinajstić information content (AvgIpc) is 3.12. The van der Waals surface area contributed by atoms with Gasteiger partial charge in [-0.05, 0) is 41.8 Å². The molecular weight excluding hydrogens is 335 g/mol. The van der Waals surface area contributed by atoms with Crippen molar-refractivity contribution < 1.29 is 13.9 Å². The van der Waals surface area contributed by atoms with Crippen LogP contribution >= 0.6 is 0 Å². The number of halogens is 1. The summed E-state index contributed by atoms with van der Waals surface area (Å²) in [6.45, 7) is 0.904. The van der Waals surface area contributed by atoms with Crippen molar-refractivity contribution in [2.24, 2.45) is 0 Å². The summed E-state index contributed by atoms with van der Waals surface area (Å²) in [4.78, 5) is 12.2. The summed E-state index contributed by atoms with van der Waals surface area (Å²) in [6.07, 6.45) is 2.26.